The van der Waals surface area contributed by atoms with Crippen LogP contribution in [0.25, 0.3) is 5.57 Å². The molecule has 0 N–H and O–H groups in total. The minimum Gasteiger partial charge on any atom is -0.459 e. The number of carbonyl (C=O) groups excluding carboxylic acids is 1. The van der Waals surface area contributed by atoms with Gasteiger partial charge in [-0.3, -0.25) is 4.79 Å². The molecular formula is C12H13FO2. The molecule has 3 heteroatoms. The first-order valence-electron chi connectivity index (χ1n) is 4.65. The predicted octanol–water partition coefficient (Wildman–Crippen LogP) is 2.95. The Balaban J connectivity index is 2.77. The fourth-order valence-electron chi connectivity index (χ4n) is 1.12. The third-order valence-corrected chi connectivity index (χ3v) is 2.02. The Kier molecular flexibility index (Phi) is 4.03. The molecule has 0 aliphatic rings. The van der Waals surface area contributed by atoms with Gasteiger partial charge in [0.15, 0.2) is 0 Å². The lowest BCUT2D eigenvalue weighted by Crippen LogP contribution is -2.02. The molecule has 0 heterocycles. The van der Waals surface area contributed by atoms with E-state index in [0.29, 0.717) is 5.57 Å². The zero-order valence-corrected chi connectivity index (χ0v) is 8.79. The Morgan fingerprint density at radius 3 is 2.40 bits per heavy atom. The number of rotatable bonds is 3. The van der Waals surface area contributed by atoms with Crippen LogP contribution in [0.15, 0.2) is 36.2 Å². The van der Waals surface area contributed by atoms with Gasteiger partial charge in [0.1, 0.15) is 12.4 Å². The summed E-state index contributed by atoms with van der Waals surface area (Å²) in [6.07, 6.45) is 0. The molecule has 0 amide bonds. The molecule has 0 saturated heterocycles. The molecule has 80 valence electrons. The van der Waals surface area contributed by atoms with Crippen LogP contribution >= 0.6 is 0 Å². The van der Waals surface area contributed by atoms with E-state index < -0.39 is 11.8 Å². The second-order valence-electron chi connectivity index (χ2n) is 3.18. The van der Waals surface area contributed by atoms with Gasteiger partial charge in [0.2, 0.25) is 0 Å². The monoisotopic (exact) mass is 208 g/mol. The van der Waals surface area contributed by atoms with Crippen molar-refractivity contribution in [1.29, 1.82) is 0 Å². The largest absolute Gasteiger partial charge is 0.459 e. The highest BCUT2D eigenvalue weighted by Gasteiger charge is 2.05. The molecule has 1 aromatic rings. The Morgan fingerprint density at radius 2 is 1.87 bits per heavy atom. The van der Waals surface area contributed by atoms with E-state index in [4.69, 9.17) is 0 Å². The normalized spacial score (nSPS) is 11.9. The maximum absolute atomic E-state index is 13.4. The third-order valence-electron chi connectivity index (χ3n) is 2.02. The average molecular weight is 208 g/mol. The zero-order chi connectivity index (χ0) is 11.3. The summed E-state index contributed by atoms with van der Waals surface area (Å²) in [4.78, 5) is 10.5. The first-order valence-corrected chi connectivity index (χ1v) is 4.65. The number of hydrogen-bond acceptors (Lipinski definition) is 2. The van der Waals surface area contributed by atoms with Gasteiger partial charge in [0.05, 0.1) is 0 Å². The Hall–Kier alpha value is -1.64. The summed E-state index contributed by atoms with van der Waals surface area (Å²) in [5.74, 6) is -0.901. The molecule has 1 aromatic carbocycles. The summed E-state index contributed by atoms with van der Waals surface area (Å²) < 4.78 is 18.0. The van der Waals surface area contributed by atoms with Crippen LogP contribution in [0.4, 0.5) is 4.39 Å². The maximum Gasteiger partial charge on any atom is 0.303 e. The quantitative estimate of drug-likeness (QED) is 0.714. The zero-order valence-electron chi connectivity index (χ0n) is 8.79. The predicted molar refractivity (Wildman–Crippen MR) is 56.8 cm³/mol. The number of esters is 1. The lowest BCUT2D eigenvalue weighted by molar-refractivity contribution is -0.140. The topological polar surface area (TPSA) is 26.3 Å². The van der Waals surface area contributed by atoms with E-state index in [1.807, 2.05) is 30.3 Å². The molecule has 15 heavy (non-hydrogen) atoms. The van der Waals surface area contributed by atoms with E-state index in [2.05, 4.69) is 4.74 Å². The molecule has 2 nitrogen and oxygen atoms in total. The molecule has 1 rings (SSSR count). The van der Waals surface area contributed by atoms with Gasteiger partial charge in [-0.05, 0) is 18.1 Å². The van der Waals surface area contributed by atoms with Crippen molar-refractivity contribution in [1.82, 2.24) is 0 Å². The lowest BCUT2D eigenvalue weighted by atomic mass is 10.1. The van der Waals surface area contributed by atoms with Gasteiger partial charge >= 0.3 is 5.97 Å². The van der Waals surface area contributed by atoms with Crippen molar-refractivity contribution in [3.8, 4) is 0 Å². The van der Waals surface area contributed by atoms with Crippen LogP contribution in [0.5, 0.6) is 0 Å². The highest BCUT2D eigenvalue weighted by molar-refractivity contribution is 5.68. The van der Waals surface area contributed by atoms with E-state index in [1.165, 1.54) is 6.92 Å². The van der Waals surface area contributed by atoms with Crippen LogP contribution in [-0.2, 0) is 9.53 Å². The summed E-state index contributed by atoms with van der Waals surface area (Å²) in [5, 5.41) is 0. The summed E-state index contributed by atoms with van der Waals surface area (Å²) in [6, 6.07) is 9.14. The van der Waals surface area contributed by atoms with Crippen LogP contribution in [0, 0.1) is 0 Å². The number of benzene rings is 1. The molecule has 0 saturated carbocycles. The van der Waals surface area contributed by atoms with E-state index >= 15 is 0 Å². The third kappa shape index (κ3) is 3.54. The Bertz CT molecular complexity index is 368. The number of carbonyl (C=O) groups is 1. The standard InChI is InChI=1S/C12H13FO2/c1-9(11-6-4-3-5-7-11)12(13)8-15-10(2)14/h3-7H,8H2,1-2H3/b12-9+. The first kappa shape index (κ1) is 11.4. The number of allylic oxidation sites excluding steroid dienone is 1. The first-order chi connectivity index (χ1) is 7.11. The molecule has 0 aromatic heterocycles. The van der Waals surface area contributed by atoms with Crippen molar-refractivity contribution in [2.75, 3.05) is 6.61 Å². The van der Waals surface area contributed by atoms with E-state index in [-0.39, 0.29) is 6.61 Å². The molecule has 0 radical (unpaired) electrons. The molecular weight excluding hydrogens is 195 g/mol. The van der Waals surface area contributed by atoms with Gasteiger partial charge in [-0.25, -0.2) is 4.39 Å². The Morgan fingerprint density at radius 1 is 1.27 bits per heavy atom. The molecule has 0 fully saturated rings. The fourth-order valence-corrected chi connectivity index (χ4v) is 1.12. The fraction of sp³-hybridized carbons (Fsp3) is 0.250. The van der Waals surface area contributed by atoms with E-state index in [9.17, 15) is 9.18 Å². The van der Waals surface area contributed by atoms with Crippen molar-refractivity contribution in [3.05, 3.63) is 41.7 Å². The summed E-state index contributed by atoms with van der Waals surface area (Å²) in [6.45, 7) is 2.62. The smallest absolute Gasteiger partial charge is 0.303 e. The molecule has 0 spiro atoms. The second-order valence-corrected chi connectivity index (χ2v) is 3.18. The SMILES string of the molecule is CC(=O)OC/C(F)=C(/C)c1ccccc1. The summed E-state index contributed by atoms with van der Waals surface area (Å²) >= 11 is 0. The molecule has 0 bridgehead atoms. The van der Waals surface area contributed by atoms with Crippen LogP contribution in [0.2, 0.25) is 0 Å². The van der Waals surface area contributed by atoms with Crippen LogP contribution in [0.3, 0.4) is 0 Å². The van der Waals surface area contributed by atoms with Crippen LogP contribution in [0.1, 0.15) is 19.4 Å². The highest BCUT2D eigenvalue weighted by atomic mass is 19.1. The van der Waals surface area contributed by atoms with Crippen molar-refractivity contribution in [3.63, 3.8) is 0 Å². The number of halogens is 1. The summed E-state index contributed by atoms with van der Waals surface area (Å²) in [7, 11) is 0. The Labute approximate surface area is 88.4 Å². The van der Waals surface area contributed by atoms with Crippen molar-refractivity contribution < 1.29 is 13.9 Å². The van der Waals surface area contributed by atoms with Gasteiger partial charge in [0, 0.05) is 6.92 Å². The molecule has 0 aliphatic carbocycles. The van der Waals surface area contributed by atoms with Gasteiger partial charge < -0.3 is 4.74 Å². The van der Waals surface area contributed by atoms with Gasteiger partial charge in [0.25, 0.3) is 0 Å². The van der Waals surface area contributed by atoms with Gasteiger partial charge in [-0.15, -0.1) is 0 Å². The molecule has 0 atom stereocenters. The van der Waals surface area contributed by atoms with Crippen LogP contribution < -0.4 is 0 Å². The minimum atomic E-state index is -0.481. The van der Waals surface area contributed by atoms with E-state index in [0.717, 1.165) is 5.56 Å². The summed E-state index contributed by atoms with van der Waals surface area (Å²) in [5.41, 5.74) is 1.29. The lowest BCUT2D eigenvalue weighted by Gasteiger charge is -2.04. The van der Waals surface area contributed by atoms with Gasteiger partial charge in [-0.2, -0.15) is 0 Å². The molecule has 0 aliphatic heterocycles. The second kappa shape index (κ2) is 5.29. The minimum absolute atomic E-state index is 0.296. The van der Waals surface area contributed by atoms with Crippen molar-refractivity contribution >= 4 is 11.5 Å². The van der Waals surface area contributed by atoms with Crippen molar-refractivity contribution in [2.45, 2.75) is 13.8 Å². The van der Waals surface area contributed by atoms with Gasteiger partial charge in [-0.1, -0.05) is 30.3 Å². The van der Waals surface area contributed by atoms with Crippen molar-refractivity contribution in [2.24, 2.45) is 0 Å². The maximum atomic E-state index is 13.4. The van der Waals surface area contributed by atoms with E-state index in [1.54, 1.807) is 6.92 Å². The highest BCUT2D eigenvalue weighted by Crippen LogP contribution is 2.18. The molecule has 0 unspecified atom stereocenters. The van der Waals surface area contributed by atoms with Crippen LogP contribution in [-0.4, -0.2) is 12.6 Å². The number of hydrogen-bond donors (Lipinski definition) is 0. The number of ether oxygens (including phenoxy) is 1. The average Bonchev–Trinajstić information content (AvgIpc) is 2.26.